The van der Waals surface area contributed by atoms with Gasteiger partial charge in [-0.15, -0.1) is 0 Å². The van der Waals surface area contributed by atoms with E-state index >= 15 is 0 Å². The summed E-state index contributed by atoms with van der Waals surface area (Å²) in [6.07, 6.45) is -13.3. The van der Waals surface area contributed by atoms with Gasteiger partial charge in [0.15, 0.2) is 0 Å². The van der Waals surface area contributed by atoms with Crippen LogP contribution in [-0.4, -0.2) is 42.1 Å². The summed E-state index contributed by atoms with van der Waals surface area (Å²) in [6, 6.07) is 0. The van der Waals surface area contributed by atoms with Gasteiger partial charge in [0.2, 0.25) is 0 Å². The molecule has 0 aromatic rings. The van der Waals surface area contributed by atoms with Crippen molar-refractivity contribution in [2.24, 2.45) is 11.3 Å². The van der Waals surface area contributed by atoms with Gasteiger partial charge in [-0.25, -0.2) is 0 Å². The van der Waals surface area contributed by atoms with Gasteiger partial charge in [-0.3, -0.25) is 0 Å². The third-order valence-electron chi connectivity index (χ3n) is 4.80. The molecule has 0 aromatic carbocycles. The fourth-order valence-corrected chi connectivity index (χ4v) is 3.20. The van der Waals surface area contributed by atoms with Crippen LogP contribution < -0.4 is 0 Å². The highest BCUT2D eigenvalue weighted by molar-refractivity contribution is 5.18. The number of hydrogen-bond donors (Lipinski definition) is 0. The molecule has 1 saturated carbocycles. The van der Waals surface area contributed by atoms with Crippen molar-refractivity contribution >= 4 is 0 Å². The summed E-state index contributed by atoms with van der Waals surface area (Å²) >= 11 is 0. The summed E-state index contributed by atoms with van der Waals surface area (Å²) in [5.74, 6) is -31.8. The first kappa shape index (κ1) is 23.1. The zero-order valence-corrected chi connectivity index (χ0v) is 13.5. The van der Waals surface area contributed by atoms with Crippen molar-refractivity contribution < 1.29 is 61.8 Å². The van der Waals surface area contributed by atoms with Crippen molar-refractivity contribution in [1.29, 1.82) is 0 Å². The number of allylic oxidation sites excluding steroid dienone is 1. The van der Waals surface area contributed by atoms with E-state index in [0.29, 0.717) is 0 Å². The molecule has 2 bridgehead atoms. The van der Waals surface area contributed by atoms with Crippen LogP contribution in [0.2, 0.25) is 0 Å². The summed E-state index contributed by atoms with van der Waals surface area (Å²) in [5.41, 5.74) is -0.823. The number of halogens is 13. The molecule has 2 rings (SSSR count). The molecule has 14 heteroatoms. The van der Waals surface area contributed by atoms with Crippen LogP contribution in [-0.2, 0) is 4.74 Å². The van der Waals surface area contributed by atoms with Crippen LogP contribution in [0.5, 0.6) is 0 Å². The topological polar surface area (TPSA) is 9.23 Å². The zero-order valence-electron chi connectivity index (χ0n) is 13.5. The predicted octanol–water partition coefficient (Wildman–Crippen LogP) is 6.05. The van der Waals surface area contributed by atoms with Crippen molar-refractivity contribution in [1.82, 2.24) is 0 Å². The number of alkyl halides is 13. The van der Waals surface area contributed by atoms with Crippen LogP contribution in [0.3, 0.4) is 0 Å². The highest BCUT2D eigenvalue weighted by atomic mass is 19.4. The lowest BCUT2D eigenvalue weighted by molar-refractivity contribution is -0.470. The number of rotatable bonds is 6. The van der Waals surface area contributed by atoms with Crippen LogP contribution >= 0.6 is 0 Å². The van der Waals surface area contributed by atoms with E-state index in [1.165, 1.54) is 19.1 Å². The molecule has 3 atom stereocenters. The molecule has 164 valence electrons. The summed E-state index contributed by atoms with van der Waals surface area (Å²) in [6.45, 7) is 1.47. The maximum Gasteiger partial charge on any atom is 0.460 e. The number of hydrogen-bond acceptors (Lipinski definition) is 1. The first-order chi connectivity index (χ1) is 12.1. The molecular weight excluding hydrogens is 431 g/mol. The third kappa shape index (κ3) is 2.96. The quantitative estimate of drug-likeness (QED) is 0.359. The van der Waals surface area contributed by atoms with E-state index in [2.05, 4.69) is 4.74 Å². The number of fused-ring (bicyclic) bond motifs is 2. The molecule has 0 aliphatic heterocycles. The van der Waals surface area contributed by atoms with Gasteiger partial charge in [0.25, 0.3) is 0 Å². The van der Waals surface area contributed by atoms with E-state index in [9.17, 15) is 57.1 Å². The minimum Gasteiger partial charge on any atom is -0.312 e. The maximum absolute atomic E-state index is 13.7. The second kappa shape index (κ2) is 5.91. The van der Waals surface area contributed by atoms with Crippen molar-refractivity contribution in [2.45, 2.75) is 61.8 Å². The number of ether oxygens (including phenoxy) is 1. The van der Waals surface area contributed by atoms with Crippen molar-refractivity contribution in [3.8, 4) is 0 Å². The smallest absolute Gasteiger partial charge is 0.312 e. The van der Waals surface area contributed by atoms with Crippen LogP contribution in [0.1, 0.15) is 19.8 Å². The summed E-state index contributed by atoms with van der Waals surface area (Å²) in [4.78, 5) is 0. The average molecular weight is 442 g/mol. The second-order valence-electron chi connectivity index (χ2n) is 7.05. The van der Waals surface area contributed by atoms with Gasteiger partial charge in [-0.05, 0) is 18.3 Å². The Hall–Kier alpha value is -1.21. The molecule has 1 fully saturated rings. The lowest BCUT2D eigenvalue weighted by atomic mass is 9.90. The second-order valence-corrected chi connectivity index (χ2v) is 7.05. The van der Waals surface area contributed by atoms with E-state index < -0.39 is 59.8 Å². The maximum atomic E-state index is 13.7. The fourth-order valence-electron chi connectivity index (χ4n) is 3.20. The molecule has 3 unspecified atom stereocenters. The molecule has 2 aliphatic carbocycles. The third-order valence-corrected chi connectivity index (χ3v) is 4.80. The molecule has 0 spiro atoms. The van der Waals surface area contributed by atoms with Crippen LogP contribution in [0, 0.1) is 11.3 Å². The van der Waals surface area contributed by atoms with Gasteiger partial charge in [0, 0.05) is 5.92 Å². The molecule has 2 aliphatic rings. The Morgan fingerprint density at radius 3 is 1.54 bits per heavy atom. The Labute approximate surface area is 148 Å². The van der Waals surface area contributed by atoms with Crippen LogP contribution in [0.4, 0.5) is 57.1 Å². The summed E-state index contributed by atoms with van der Waals surface area (Å²) in [5, 5.41) is 0. The van der Waals surface area contributed by atoms with Gasteiger partial charge in [0.1, 0.15) is 0 Å². The van der Waals surface area contributed by atoms with Crippen LogP contribution in [0.25, 0.3) is 0 Å². The molecule has 28 heavy (non-hydrogen) atoms. The predicted molar refractivity (Wildman–Crippen MR) is 65.6 cm³/mol. The van der Waals surface area contributed by atoms with Gasteiger partial charge in [-0.1, -0.05) is 19.1 Å². The van der Waals surface area contributed by atoms with E-state index in [-0.39, 0.29) is 6.42 Å². The lowest BCUT2D eigenvalue weighted by Crippen LogP contribution is -2.70. The molecule has 0 amide bonds. The van der Waals surface area contributed by atoms with E-state index in [0.717, 1.165) is 0 Å². The first-order valence-electron chi connectivity index (χ1n) is 7.46. The lowest BCUT2D eigenvalue weighted by Gasteiger charge is -2.40. The first-order valence-corrected chi connectivity index (χ1v) is 7.46. The van der Waals surface area contributed by atoms with E-state index in [1.807, 2.05) is 0 Å². The molecule has 1 nitrogen and oxygen atoms in total. The van der Waals surface area contributed by atoms with Gasteiger partial charge < -0.3 is 4.74 Å². The standard InChI is InChI=1S/C14H11F13O/c1-8-3-2-6(4-8)7(5-8)28-14(26,27)12(21,22)10(17,18)9(15,16)11(19,20)13(23,24)25/h2-3,6-7H,4-5H2,1H3. The molecule has 0 saturated heterocycles. The molecule has 0 radical (unpaired) electrons. The Bertz CT molecular complexity index is 650. The van der Waals surface area contributed by atoms with E-state index in [4.69, 9.17) is 0 Å². The van der Waals surface area contributed by atoms with Crippen molar-refractivity contribution in [3.05, 3.63) is 12.2 Å². The van der Waals surface area contributed by atoms with Gasteiger partial charge in [-0.2, -0.15) is 57.1 Å². The molecule has 0 aromatic heterocycles. The fraction of sp³-hybridized carbons (Fsp3) is 0.857. The normalized spacial score (nSPS) is 29.6. The van der Waals surface area contributed by atoms with Gasteiger partial charge >= 0.3 is 36.0 Å². The summed E-state index contributed by atoms with van der Waals surface area (Å²) in [7, 11) is 0. The van der Waals surface area contributed by atoms with Crippen LogP contribution in [0.15, 0.2) is 12.2 Å². The highest BCUT2D eigenvalue weighted by Crippen LogP contribution is 2.61. The van der Waals surface area contributed by atoms with E-state index in [1.54, 1.807) is 0 Å². The molecule has 0 heterocycles. The minimum absolute atomic E-state index is 0.0814. The largest absolute Gasteiger partial charge is 0.460 e. The summed E-state index contributed by atoms with van der Waals surface area (Å²) < 4.78 is 172. The molecular formula is C14H11F13O. The van der Waals surface area contributed by atoms with Gasteiger partial charge in [0.05, 0.1) is 6.10 Å². The SMILES string of the molecule is CC12C=CC(C1)C(OC(F)(F)C(F)(F)C(F)(F)C(F)(F)C(F)(F)C(F)(F)F)C2. The Balaban J connectivity index is 2.36. The molecule has 0 N–H and O–H groups in total. The van der Waals surface area contributed by atoms with Crippen molar-refractivity contribution in [3.63, 3.8) is 0 Å². The monoisotopic (exact) mass is 442 g/mol. The Morgan fingerprint density at radius 2 is 1.18 bits per heavy atom. The Morgan fingerprint density at radius 1 is 0.714 bits per heavy atom. The Kier molecular flexibility index (Phi) is 4.87. The zero-order chi connectivity index (χ0) is 22.2. The average Bonchev–Trinajstić information content (AvgIpc) is 2.99. The van der Waals surface area contributed by atoms with Crippen molar-refractivity contribution in [2.75, 3.05) is 0 Å². The highest BCUT2D eigenvalue weighted by Gasteiger charge is 2.91. The minimum atomic E-state index is -7.91.